The Hall–Kier alpha value is -1.52. The normalized spacial score (nSPS) is 14.8. The number of alkyl halides is 3. The summed E-state index contributed by atoms with van der Waals surface area (Å²) < 4.78 is 39.9. The van der Waals surface area contributed by atoms with Crippen molar-refractivity contribution in [3.05, 3.63) is 70.7 Å². The number of benzene rings is 2. The molecule has 1 nitrogen and oxygen atoms in total. The minimum absolute atomic E-state index is 0.224. The lowest BCUT2D eigenvalue weighted by Gasteiger charge is -2.31. The van der Waals surface area contributed by atoms with Gasteiger partial charge < -0.3 is 5.11 Å². The van der Waals surface area contributed by atoms with Crippen molar-refractivity contribution in [2.24, 2.45) is 0 Å². The molecular formula is C15H12ClF3O. The zero-order valence-electron chi connectivity index (χ0n) is 10.4. The van der Waals surface area contributed by atoms with Crippen molar-refractivity contribution >= 4 is 11.6 Å². The number of halogens is 4. The van der Waals surface area contributed by atoms with Crippen molar-refractivity contribution in [3.8, 4) is 0 Å². The van der Waals surface area contributed by atoms with Gasteiger partial charge in [0.25, 0.3) is 0 Å². The van der Waals surface area contributed by atoms with Crippen LogP contribution in [0, 0.1) is 0 Å². The third-order valence-corrected chi connectivity index (χ3v) is 3.35. The Labute approximate surface area is 119 Å². The van der Waals surface area contributed by atoms with Crippen molar-refractivity contribution in [2.45, 2.75) is 18.2 Å². The third kappa shape index (κ3) is 2.97. The Morgan fingerprint density at radius 1 is 0.900 bits per heavy atom. The molecular weight excluding hydrogens is 289 g/mol. The highest BCUT2D eigenvalue weighted by Crippen LogP contribution is 2.41. The van der Waals surface area contributed by atoms with Gasteiger partial charge in [-0.1, -0.05) is 54.1 Å². The van der Waals surface area contributed by atoms with Gasteiger partial charge >= 0.3 is 6.18 Å². The summed E-state index contributed by atoms with van der Waals surface area (Å²) in [5.41, 5.74) is -2.75. The maximum atomic E-state index is 13.3. The number of hydrogen-bond donors (Lipinski definition) is 1. The molecule has 1 unspecified atom stereocenters. The topological polar surface area (TPSA) is 20.2 Å². The molecule has 2 aromatic carbocycles. The second kappa shape index (κ2) is 5.46. The lowest BCUT2D eigenvalue weighted by molar-refractivity contribution is -0.266. The molecule has 20 heavy (non-hydrogen) atoms. The fourth-order valence-corrected chi connectivity index (χ4v) is 2.11. The molecule has 0 radical (unpaired) electrons. The Kier molecular flexibility index (Phi) is 4.06. The van der Waals surface area contributed by atoms with Crippen molar-refractivity contribution in [3.63, 3.8) is 0 Å². The minimum atomic E-state index is -4.78. The van der Waals surface area contributed by atoms with E-state index in [2.05, 4.69) is 0 Å². The molecule has 0 bridgehead atoms. The van der Waals surface area contributed by atoms with Crippen LogP contribution in [0.3, 0.4) is 0 Å². The monoisotopic (exact) mass is 300 g/mol. The largest absolute Gasteiger partial charge is 0.421 e. The van der Waals surface area contributed by atoms with Gasteiger partial charge in [0.05, 0.1) is 0 Å². The van der Waals surface area contributed by atoms with Gasteiger partial charge in [-0.15, -0.1) is 0 Å². The molecule has 106 valence electrons. The number of rotatable bonds is 3. The Morgan fingerprint density at radius 2 is 1.45 bits per heavy atom. The zero-order chi connectivity index (χ0) is 14.8. The molecule has 0 fully saturated rings. The quantitative estimate of drug-likeness (QED) is 0.894. The predicted molar refractivity (Wildman–Crippen MR) is 71.5 cm³/mol. The van der Waals surface area contributed by atoms with Gasteiger partial charge in [-0.2, -0.15) is 13.2 Å². The summed E-state index contributed by atoms with van der Waals surface area (Å²) in [5, 5.41) is 10.5. The highest BCUT2D eigenvalue weighted by molar-refractivity contribution is 6.30. The van der Waals surface area contributed by atoms with E-state index in [1.165, 1.54) is 24.3 Å². The SMILES string of the molecule is OC(Cc1ccccc1)(c1ccc(Cl)cc1)C(F)(F)F. The van der Waals surface area contributed by atoms with Crippen LogP contribution < -0.4 is 0 Å². The van der Waals surface area contributed by atoms with Crippen LogP contribution in [0.2, 0.25) is 5.02 Å². The molecule has 1 atom stereocenters. The van der Waals surface area contributed by atoms with E-state index >= 15 is 0 Å². The smallest absolute Gasteiger partial charge is 0.376 e. The van der Waals surface area contributed by atoms with Crippen LogP contribution >= 0.6 is 11.6 Å². The molecule has 0 aliphatic carbocycles. The molecule has 0 saturated heterocycles. The molecule has 5 heteroatoms. The van der Waals surface area contributed by atoms with Crippen LogP contribution in [0.5, 0.6) is 0 Å². The van der Waals surface area contributed by atoms with E-state index in [0.717, 1.165) is 0 Å². The van der Waals surface area contributed by atoms with Crippen LogP contribution in [-0.2, 0) is 12.0 Å². The predicted octanol–water partition coefficient (Wildman–Crippen LogP) is 4.33. The lowest BCUT2D eigenvalue weighted by Crippen LogP contribution is -2.44. The van der Waals surface area contributed by atoms with Crippen LogP contribution in [0.25, 0.3) is 0 Å². The highest BCUT2D eigenvalue weighted by atomic mass is 35.5. The maximum Gasteiger partial charge on any atom is 0.421 e. The fraction of sp³-hybridized carbons (Fsp3) is 0.200. The molecule has 0 spiro atoms. The van der Waals surface area contributed by atoms with Gasteiger partial charge in [-0.25, -0.2) is 0 Å². The molecule has 2 rings (SSSR count). The summed E-state index contributed by atoms with van der Waals surface area (Å²) in [5.74, 6) is 0. The van der Waals surface area contributed by atoms with Crippen LogP contribution in [0.1, 0.15) is 11.1 Å². The Morgan fingerprint density at radius 3 is 1.95 bits per heavy atom. The van der Waals surface area contributed by atoms with E-state index in [-0.39, 0.29) is 5.56 Å². The average molecular weight is 301 g/mol. The Balaban J connectivity index is 2.43. The van der Waals surface area contributed by atoms with Crippen LogP contribution in [0.15, 0.2) is 54.6 Å². The van der Waals surface area contributed by atoms with Crippen molar-refractivity contribution < 1.29 is 18.3 Å². The first kappa shape index (κ1) is 14.9. The van der Waals surface area contributed by atoms with E-state index in [4.69, 9.17) is 11.6 Å². The van der Waals surface area contributed by atoms with Gasteiger partial charge in [0.15, 0.2) is 5.60 Å². The van der Waals surface area contributed by atoms with Gasteiger partial charge in [0, 0.05) is 11.4 Å². The van der Waals surface area contributed by atoms with Gasteiger partial charge in [-0.05, 0) is 23.3 Å². The second-order valence-corrected chi connectivity index (χ2v) is 4.96. The summed E-state index contributed by atoms with van der Waals surface area (Å²) >= 11 is 5.67. The van der Waals surface area contributed by atoms with Crippen LogP contribution in [-0.4, -0.2) is 11.3 Å². The van der Waals surface area contributed by atoms with E-state index in [0.29, 0.717) is 10.6 Å². The van der Waals surface area contributed by atoms with Gasteiger partial charge in [0.1, 0.15) is 0 Å². The molecule has 0 saturated carbocycles. The first-order valence-electron chi connectivity index (χ1n) is 5.92. The van der Waals surface area contributed by atoms with Crippen LogP contribution in [0.4, 0.5) is 13.2 Å². The summed E-state index contributed by atoms with van der Waals surface area (Å²) in [4.78, 5) is 0. The number of hydrogen-bond acceptors (Lipinski definition) is 1. The van der Waals surface area contributed by atoms with Gasteiger partial charge in [0.2, 0.25) is 0 Å². The minimum Gasteiger partial charge on any atom is -0.376 e. The maximum absolute atomic E-state index is 13.3. The fourth-order valence-electron chi connectivity index (χ4n) is 1.98. The van der Waals surface area contributed by atoms with Crippen molar-refractivity contribution in [1.82, 2.24) is 0 Å². The first-order valence-corrected chi connectivity index (χ1v) is 6.30. The third-order valence-electron chi connectivity index (χ3n) is 3.09. The van der Waals surface area contributed by atoms with E-state index in [1.54, 1.807) is 30.3 Å². The molecule has 2 aromatic rings. The van der Waals surface area contributed by atoms with E-state index < -0.39 is 18.2 Å². The Bertz CT molecular complexity index is 566. The van der Waals surface area contributed by atoms with Crippen molar-refractivity contribution in [2.75, 3.05) is 0 Å². The second-order valence-electron chi connectivity index (χ2n) is 4.53. The first-order chi connectivity index (χ1) is 9.33. The standard InChI is InChI=1S/C15H12ClF3O/c16-13-8-6-12(7-9-13)14(20,15(17,18)19)10-11-4-2-1-3-5-11/h1-9,20H,10H2. The van der Waals surface area contributed by atoms with Gasteiger partial charge in [-0.3, -0.25) is 0 Å². The molecule has 0 aromatic heterocycles. The van der Waals surface area contributed by atoms with E-state index in [1.807, 2.05) is 0 Å². The zero-order valence-corrected chi connectivity index (χ0v) is 11.1. The molecule has 0 heterocycles. The summed E-state index contributed by atoms with van der Waals surface area (Å²) in [6, 6.07) is 13.1. The summed E-state index contributed by atoms with van der Waals surface area (Å²) in [7, 11) is 0. The molecule has 0 amide bonds. The van der Waals surface area contributed by atoms with Crippen molar-refractivity contribution in [1.29, 1.82) is 0 Å². The lowest BCUT2D eigenvalue weighted by atomic mass is 9.86. The average Bonchev–Trinajstić information content (AvgIpc) is 2.39. The molecule has 0 aliphatic rings. The molecule has 0 aliphatic heterocycles. The summed E-state index contributed by atoms with van der Waals surface area (Å²) in [6.07, 6.45) is -5.32. The highest BCUT2D eigenvalue weighted by Gasteiger charge is 2.54. The summed E-state index contributed by atoms with van der Waals surface area (Å²) in [6.45, 7) is 0. The number of aliphatic hydroxyl groups is 1. The molecule has 1 N–H and O–H groups in total. The van der Waals surface area contributed by atoms with E-state index in [9.17, 15) is 18.3 Å².